The van der Waals surface area contributed by atoms with E-state index in [-0.39, 0.29) is 17.0 Å². The van der Waals surface area contributed by atoms with E-state index in [1.54, 1.807) is 12.1 Å². The van der Waals surface area contributed by atoms with E-state index in [4.69, 9.17) is 11.6 Å². The molecule has 0 radical (unpaired) electrons. The number of piperidine rings is 1. The third-order valence-corrected chi connectivity index (χ3v) is 5.21. The van der Waals surface area contributed by atoms with Crippen LogP contribution in [0.25, 0.3) is 0 Å². The molecule has 5 heteroatoms. The van der Waals surface area contributed by atoms with Crippen molar-refractivity contribution in [2.24, 2.45) is 0 Å². The van der Waals surface area contributed by atoms with Gasteiger partial charge in [-0.05, 0) is 36.6 Å². The topological polar surface area (TPSA) is 23.6 Å². The first-order valence-corrected chi connectivity index (χ1v) is 9.49. The molecule has 0 spiro atoms. The summed E-state index contributed by atoms with van der Waals surface area (Å²) in [6.45, 7) is 4.65. The summed E-state index contributed by atoms with van der Waals surface area (Å²) in [6, 6.07) is 15.1. The molecule has 0 atom stereocenters. The smallest absolute Gasteiger partial charge is 0.226 e. The predicted molar refractivity (Wildman–Crippen MR) is 104 cm³/mol. The molecular weight excluding hydrogens is 351 g/mol. The van der Waals surface area contributed by atoms with Crippen LogP contribution >= 0.6 is 11.6 Å². The molecule has 0 N–H and O–H groups in total. The van der Waals surface area contributed by atoms with Gasteiger partial charge in [0.2, 0.25) is 5.91 Å². The molecule has 0 aromatic heterocycles. The van der Waals surface area contributed by atoms with Gasteiger partial charge in [0, 0.05) is 37.8 Å². The maximum absolute atomic E-state index is 13.5. The largest absolute Gasteiger partial charge is 0.309 e. The molecule has 0 aliphatic carbocycles. The van der Waals surface area contributed by atoms with Crippen LogP contribution < -0.4 is 4.90 Å². The summed E-state index contributed by atoms with van der Waals surface area (Å²) in [4.78, 5) is 16.8. The summed E-state index contributed by atoms with van der Waals surface area (Å²) >= 11 is 5.94. The molecule has 0 saturated carbocycles. The van der Waals surface area contributed by atoms with Crippen molar-refractivity contribution in [3.8, 4) is 0 Å². The summed E-state index contributed by atoms with van der Waals surface area (Å²) in [6.07, 6.45) is 2.21. The van der Waals surface area contributed by atoms with Crippen molar-refractivity contribution >= 4 is 23.2 Å². The second-order valence-corrected chi connectivity index (χ2v) is 7.12. The Kier molecular flexibility index (Phi) is 6.28. The Morgan fingerprint density at radius 3 is 2.50 bits per heavy atom. The first-order chi connectivity index (χ1) is 12.6. The molecule has 1 heterocycles. The highest BCUT2D eigenvalue weighted by atomic mass is 35.5. The first-order valence-electron chi connectivity index (χ1n) is 9.12. The molecule has 1 amide bonds. The van der Waals surface area contributed by atoms with E-state index >= 15 is 0 Å². The van der Waals surface area contributed by atoms with E-state index < -0.39 is 5.82 Å². The number of benzene rings is 2. The van der Waals surface area contributed by atoms with Gasteiger partial charge in [0.05, 0.1) is 5.02 Å². The minimum atomic E-state index is -0.461. The van der Waals surface area contributed by atoms with Gasteiger partial charge in [0.25, 0.3) is 0 Å². The van der Waals surface area contributed by atoms with Crippen LogP contribution in [-0.2, 0) is 11.3 Å². The maximum atomic E-state index is 13.5. The van der Waals surface area contributed by atoms with Crippen LogP contribution in [0.1, 0.15) is 31.7 Å². The fourth-order valence-corrected chi connectivity index (χ4v) is 3.72. The van der Waals surface area contributed by atoms with E-state index in [1.807, 2.05) is 17.9 Å². The van der Waals surface area contributed by atoms with Gasteiger partial charge >= 0.3 is 0 Å². The Hall–Kier alpha value is -1.91. The Bertz CT molecular complexity index is 745. The number of hydrogen-bond acceptors (Lipinski definition) is 2. The molecule has 138 valence electrons. The van der Waals surface area contributed by atoms with E-state index in [1.165, 1.54) is 11.6 Å². The number of amides is 1. The molecule has 3 nitrogen and oxygen atoms in total. The molecule has 1 aliphatic rings. The van der Waals surface area contributed by atoms with Crippen molar-refractivity contribution in [1.82, 2.24) is 4.90 Å². The van der Waals surface area contributed by atoms with Crippen LogP contribution in [0.4, 0.5) is 10.1 Å². The Labute approximate surface area is 159 Å². The molecule has 1 saturated heterocycles. The number of rotatable bonds is 5. The highest BCUT2D eigenvalue weighted by Gasteiger charge is 2.28. The van der Waals surface area contributed by atoms with Gasteiger partial charge in [0.1, 0.15) is 5.82 Å². The molecule has 0 unspecified atom stereocenters. The summed E-state index contributed by atoms with van der Waals surface area (Å²) < 4.78 is 13.5. The number of anilines is 1. The fourth-order valence-electron chi connectivity index (χ4n) is 3.54. The fraction of sp³-hybridized carbons (Fsp3) is 0.381. The van der Waals surface area contributed by atoms with Crippen LogP contribution in [-0.4, -0.2) is 29.9 Å². The lowest BCUT2D eigenvalue weighted by atomic mass is 10.0. The zero-order valence-electron chi connectivity index (χ0n) is 15.0. The van der Waals surface area contributed by atoms with Gasteiger partial charge < -0.3 is 4.90 Å². The lowest BCUT2D eigenvalue weighted by Crippen LogP contribution is -2.47. The zero-order chi connectivity index (χ0) is 18.5. The molecular formula is C21H24ClFN2O. The van der Waals surface area contributed by atoms with Crippen molar-refractivity contribution in [3.63, 3.8) is 0 Å². The van der Waals surface area contributed by atoms with Gasteiger partial charge in [-0.1, -0.05) is 48.9 Å². The first kappa shape index (κ1) is 18.9. The SMILES string of the molecule is CCC(=O)N(c1ccc(F)c(Cl)c1)C1CCN(Cc2ccccc2)CC1. The third-order valence-electron chi connectivity index (χ3n) is 4.92. The quantitative estimate of drug-likeness (QED) is 0.744. The number of hydrogen-bond donors (Lipinski definition) is 0. The number of nitrogens with zero attached hydrogens (tertiary/aromatic N) is 2. The monoisotopic (exact) mass is 374 g/mol. The molecule has 3 rings (SSSR count). The number of carbonyl (C=O) groups excluding carboxylic acids is 1. The van der Waals surface area contributed by atoms with Crippen LogP contribution in [0.2, 0.25) is 5.02 Å². The van der Waals surface area contributed by atoms with Crippen molar-refractivity contribution in [2.75, 3.05) is 18.0 Å². The summed E-state index contributed by atoms with van der Waals surface area (Å²) in [5, 5.41) is 0.0536. The average Bonchev–Trinajstić information content (AvgIpc) is 2.67. The minimum Gasteiger partial charge on any atom is -0.309 e. The molecule has 0 bridgehead atoms. The van der Waals surface area contributed by atoms with E-state index in [0.717, 1.165) is 32.5 Å². The second-order valence-electron chi connectivity index (χ2n) is 6.71. The van der Waals surface area contributed by atoms with Gasteiger partial charge in [-0.15, -0.1) is 0 Å². The zero-order valence-corrected chi connectivity index (χ0v) is 15.8. The summed E-state index contributed by atoms with van der Waals surface area (Å²) in [5.41, 5.74) is 1.99. The van der Waals surface area contributed by atoms with Crippen molar-refractivity contribution in [2.45, 2.75) is 38.8 Å². The molecule has 2 aromatic rings. The highest BCUT2D eigenvalue weighted by Crippen LogP contribution is 2.28. The summed E-state index contributed by atoms with van der Waals surface area (Å²) in [7, 11) is 0. The Balaban J connectivity index is 1.69. The number of halogens is 2. The lowest BCUT2D eigenvalue weighted by Gasteiger charge is -2.38. The molecule has 2 aromatic carbocycles. The maximum Gasteiger partial charge on any atom is 0.226 e. The van der Waals surface area contributed by atoms with Crippen molar-refractivity contribution in [3.05, 3.63) is 64.9 Å². The molecule has 1 aliphatic heterocycles. The van der Waals surface area contributed by atoms with E-state index in [2.05, 4.69) is 29.2 Å². The standard InChI is InChI=1S/C21H24ClFN2O/c1-2-21(26)25(18-8-9-20(23)19(22)14-18)17-10-12-24(13-11-17)15-16-6-4-3-5-7-16/h3-9,14,17H,2,10-13,15H2,1H3. The van der Waals surface area contributed by atoms with E-state index in [9.17, 15) is 9.18 Å². The van der Waals surface area contributed by atoms with Gasteiger partial charge in [-0.3, -0.25) is 9.69 Å². The predicted octanol–water partition coefficient (Wildman–Crippen LogP) is 4.89. The number of carbonyl (C=O) groups is 1. The molecule has 26 heavy (non-hydrogen) atoms. The Morgan fingerprint density at radius 2 is 1.88 bits per heavy atom. The van der Waals surface area contributed by atoms with Gasteiger partial charge in [-0.25, -0.2) is 4.39 Å². The normalized spacial score (nSPS) is 15.8. The van der Waals surface area contributed by atoms with E-state index in [0.29, 0.717) is 12.1 Å². The number of likely N-dealkylation sites (tertiary alicyclic amines) is 1. The van der Waals surface area contributed by atoms with Crippen LogP contribution in [0.15, 0.2) is 48.5 Å². The Morgan fingerprint density at radius 1 is 1.19 bits per heavy atom. The van der Waals surface area contributed by atoms with Gasteiger partial charge in [-0.2, -0.15) is 0 Å². The van der Waals surface area contributed by atoms with Crippen molar-refractivity contribution in [1.29, 1.82) is 0 Å². The lowest BCUT2D eigenvalue weighted by molar-refractivity contribution is -0.119. The van der Waals surface area contributed by atoms with Gasteiger partial charge in [0.15, 0.2) is 0 Å². The summed E-state index contributed by atoms with van der Waals surface area (Å²) in [5.74, 6) is -0.411. The minimum absolute atomic E-state index is 0.0502. The van der Waals surface area contributed by atoms with Crippen LogP contribution in [0.3, 0.4) is 0 Å². The van der Waals surface area contributed by atoms with Crippen molar-refractivity contribution < 1.29 is 9.18 Å². The highest BCUT2D eigenvalue weighted by molar-refractivity contribution is 6.31. The van der Waals surface area contributed by atoms with Crippen LogP contribution in [0, 0.1) is 5.82 Å². The third kappa shape index (κ3) is 4.43. The molecule has 1 fully saturated rings. The van der Waals surface area contributed by atoms with Crippen LogP contribution in [0.5, 0.6) is 0 Å². The second kappa shape index (κ2) is 8.65. The average molecular weight is 375 g/mol.